The fraction of sp³-hybridized carbons (Fsp3) is 0.286. The van der Waals surface area contributed by atoms with Crippen molar-refractivity contribution in [1.82, 2.24) is 10.3 Å². The lowest BCUT2D eigenvalue weighted by Crippen LogP contribution is -2.18. The molecule has 0 spiro atoms. The van der Waals surface area contributed by atoms with Crippen LogP contribution in [-0.4, -0.2) is 42.0 Å². The van der Waals surface area contributed by atoms with E-state index in [1.54, 1.807) is 6.92 Å². The third kappa shape index (κ3) is 8.69. The lowest BCUT2D eigenvalue weighted by atomic mass is 10.2. The number of nitrogens with one attached hydrogen (secondary N) is 1. The van der Waals surface area contributed by atoms with Gasteiger partial charge in [0.2, 0.25) is 0 Å². The SMILES string of the molecule is C=C(CC(=O)OCC)OCC.CNC(=O)c1cc(Oc2ccc(N)c([N+](=O)[O-])c2)ccn1. The van der Waals surface area contributed by atoms with Gasteiger partial charge in [0.05, 0.1) is 30.0 Å². The largest absolute Gasteiger partial charge is 0.498 e. The average molecular weight is 446 g/mol. The fourth-order valence-corrected chi connectivity index (χ4v) is 2.24. The second-order valence-electron chi connectivity index (χ2n) is 5.99. The molecule has 1 aromatic carbocycles. The molecule has 0 saturated carbocycles. The van der Waals surface area contributed by atoms with E-state index < -0.39 is 4.92 Å². The summed E-state index contributed by atoms with van der Waals surface area (Å²) in [5.74, 6) is 0.397. The molecule has 0 aliphatic carbocycles. The van der Waals surface area contributed by atoms with Crippen molar-refractivity contribution in [3.63, 3.8) is 0 Å². The molecule has 0 bridgehead atoms. The molecule has 0 unspecified atom stereocenters. The molecular weight excluding hydrogens is 420 g/mol. The summed E-state index contributed by atoms with van der Waals surface area (Å²) in [6.07, 6.45) is 1.56. The predicted molar refractivity (Wildman–Crippen MR) is 117 cm³/mol. The van der Waals surface area contributed by atoms with Crippen molar-refractivity contribution in [3.05, 3.63) is 64.7 Å². The van der Waals surface area contributed by atoms with E-state index in [1.807, 2.05) is 6.92 Å². The van der Waals surface area contributed by atoms with E-state index in [4.69, 9.17) is 15.2 Å². The molecule has 1 heterocycles. The summed E-state index contributed by atoms with van der Waals surface area (Å²) in [6, 6.07) is 7.07. The van der Waals surface area contributed by atoms with Crippen LogP contribution in [0, 0.1) is 10.1 Å². The zero-order valence-corrected chi connectivity index (χ0v) is 18.1. The summed E-state index contributed by atoms with van der Waals surface area (Å²) in [5.41, 5.74) is 5.49. The van der Waals surface area contributed by atoms with Crippen molar-refractivity contribution in [1.29, 1.82) is 0 Å². The molecule has 0 aliphatic rings. The molecule has 0 fully saturated rings. The quantitative estimate of drug-likeness (QED) is 0.194. The third-order valence-corrected chi connectivity index (χ3v) is 3.62. The van der Waals surface area contributed by atoms with Gasteiger partial charge in [0, 0.05) is 19.3 Å². The number of anilines is 1. The number of carbonyl (C=O) groups is 2. The number of rotatable bonds is 9. The van der Waals surface area contributed by atoms with Crippen LogP contribution in [0.1, 0.15) is 30.8 Å². The number of hydrogen-bond donors (Lipinski definition) is 2. The minimum atomic E-state index is -0.593. The Morgan fingerprint density at radius 2 is 1.81 bits per heavy atom. The number of benzene rings is 1. The van der Waals surface area contributed by atoms with Gasteiger partial charge < -0.3 is 25.3 Å². The van der Waals surface area contributed by atoms with Gasteiger partial charge >= 0.3 is 5.97 Å². The monoisotopic (exact) mass is 446 g/mol. The molecule has 0 aliphatic heterocycles. The van der Waals surface area contributed by atoms with Crippen LogP contribution in [0.2, 0.25) is 0 Å². The van der Waals surface area contributed by atoms with E-state index in [-0.39, 0.29) is 41.1 Å². The van der Waals surface area contributed by atoms with Crippen molar-refractivity contribution in [3.8, 4) is 11.5 Å². The summed E-state index contributed by atoms with van der Waals surface area (Å²) in [4.78, 5) is 36.4. The van der Waals surface area contributed by atoms with E-state index in [1.165, 1.54) is 43.6 Å². The summed E-state index contributed by atoms with van der Waals surface area (Å²) in [6.45, 7) is 8.09. The summed E-state index contributed by atoms with van der Waals surface area (Å²) >= 11 is 0. The smallest absolute Gasteiger partial charge is 0.313 e. The first-order valence-corrected chi connectivity index (χ1v) is 9.57. The van der Waals surface area contributed by atoms with Crippen molar-refractivity contribution in [2.45, 2.75) is 20.3 Å². The Hall–Kier alpha value is -4.15. The zero-order chi connectivity index (χ0) is 24.1. The topological polar surface area (TPSA) is 156 Å². The van der Waals surface area contributed by atoms with Crippen LogP contribution in [0.4, 0.5) is 11.4 Å². The summed E-state index contributed by atoms with van der Waals surface area (Å²) in [7, 11) is 1.49. The molecule has 172 valence electrons. The van der Waals surface area contributed by atoms with Gasteiger partial charge in [-0.15, -0.1) is 0 Å². The maximum Gasteiger partial charge on any atom is 0.313 e. The molecule has 3 N–H and O–H groups in total. The highest BCUT2D eigenvalue weighted by Crippen LogP contribution is 2.29. The Morgan fingerprint density at radius 3 is 2.41 bits per heavy atom. The Kier molecular flexibility index (Phi) is 10.7. The van der Waals surface area contributed by atoms with E-state index in [9.17, 15) is 19.7 Å². The van der Waals surface area contributed by atoms with E-state index in [2.05, 4.69) is 21.6 Å². The van der Waals surface area contributed by atoms with Gasteiger partial charge in [-0.3, -0.25) is 24.7 Å². The molecular formula is C21H26N4O7. The van der Waals surface area contributed by atoms with Crippen molar-refractivity contribution >= 4 is 23.3 Å². The lowest BCUT2D eigenvalue weighted by Gasteiger charge is -2.07. The number of nitrogens with zero attached hydrogens (tertiary/aromatic N) is 2. The molecule has 2 aromatic rings. The Bertz CT molecular complexity index is 947. The first-order valence-electron chi connectivity index (χ1n) is 9.57. The highest BCUT2D eigenvalue weighted by Gasteiger charge is 2.13. The van der Waals surface area contributed by atoms with Crippen LogP contribution in [0.5, 0.6) is 11.5 Å². The number of aromatic nitrogens is 1. The average Bonchev–Trinajstić information content (AvgIpc) is 2.75. The number of nitro benzene ring substituents is 1. The Labute approximate surface area is 185 Å². The minimum Gasteiger partial charge on any atom is -0.498 e. The van der Waals surface area contributed by atoms with Gasteiger partial charge in [0.15, 0.2) is 0 Å². The van der Waals surface area contributed by atoms with E-state index in [0.29, 0.717) is 24.7 Å². The summed E-state index contributed by atoms with van der Waals surface area (Å²) in [5, 5.41) is 13.3. The Morgan fingerprint density at radius 1 is 1.16 bits per heavy atom. The highest BCUT2D eigenvalue weighted by atomic mass is 16.6. The molecule has 0 radical (unpaired) electrons. The van der Waals surface area contributed by atoms with Crippen LogP contribution in [-0.2, 0) is 14.3 Å². The normalized spacial score (nSPS) is 9.59. The number of nitro groups is 1. The van der Waals surface area contributed by atoms with Gasteiger partial charge in [0.1, 0.15) is 29.3 Å². The standard InChI is InChI=1S/C13H12N4O4.C8H14O3/c1-15-13(18)11-6-9(4-5-16-11)21-8-2-3-10(14)12(7-8)17(19)20;1-4-10-7(3)6-8(9)11-5-2/h2-7H,14H2,1H3,(H,15,18);3-6H2,1-2H3. The molecule has 11 nitrogen and oxygen atoms in total. The van der Waals surface area contributed by atoms with Crippen molar-refractivity contribution < 1.29 is 28.7 Å². The molecule has 11 heteroatoms. The molecule has 1 amide bonds. The van der Waals surface area contributed by atoms with Crippen LogP contribution < -0.4 is 15.8 Å². The molecule has 32 heavy (non-hydrogen) atoms. The number of pyridine rings is 1. The number of hydrogen-bond acceptors (Lipinski definition) is 9. The summed E-state index contributed by atoms with van der Waals surface area (Å²) < 4.78 is 15.1. The van der Waals surface area contributed by atoms with Gasteiger partial charge in [-0.05, 0) is 32.0 Å². The minimum absolute atomic E-state index is 0.0492. The number of nitrogen functional groups attached to an aromatic ring is 1. The maximum atomic E-state index is 11.5. The van der Waals surface area contributed by atoms with Crippen LogP contribution >= 0.6 is 0 Å². The molecule has 0 saturated heterocycles. The molecule has 1 aromatic heterocycles. The lowest BCUT2D eigenvalue weighted by molar-refractivity contribution is -0.384. The number of amides is 1. The van der Waals surface area contributed by atoms with Crippen molar-refractivity contribution in [2.75, 3.05) is 26.0 Å². The van der Waals surface area contributed by atoms with Crippen LogP contribution in [0.25, 0.3) is 0 Å². The van der Waals surface area contributed by atoms with Crippen molar-refractivity contribution in [2.24, 2.45) is 0 Å². The number of esters is 1. The number of nitrogens with two attached hydrogens (primary N) is 1. The fourth-order valence-electron chi connectivity index (χ4n) is 2.24. The third-order valence-electron chi connectivity index (χ3n) is 3.62. The number of ether oxygens (including phenoxy) is 3. The molecule has 2 rings (SSSR count). The number of carbonyl (C=O) groups excluding carboxylic acids is 2. The second kappa shape index (κ2) is 13.2. The van der Waals surface area contributed by atoms with E-state index >= 15 is 0 Å². The van der Waals surface area contributed by atoms with Crippen LogP contribution in [0.15, 0.2) is 48.9 Å². The first-order chi connectivity index (χ1) is 15.2. The van der Waals surface area contributed by atoms with Gasteiger partial charge in [-0.1, -0.05) is 6.58 Å². The molecule has 0 atom stereocenters. The second-order valence-corrected chi connectivity index (χ2v) is 5.99. The van der Waals surface area contributed by atoms with Crippen LogP contribution in [0.3, 0.4) is 0 Å². The highest BCUT2D eigenvalue weighted by molar-refractivity contribution is 5.92. The predicted octanol–water partition coefficient (Wildman–Crippen LogP) is 3.21. The van der Waals surface area contributed by atoms with Gasteiger partial charge in [-0.2, -0.15) is 0 Å². The van der Waals surface area contributed by atoms with Gasteiger partial charge in [0.25, 0.3) is 11.6 Å². The maximum absolute atomic E-state index is 11.5. The Balaban J connectivity index is 0.000000396. The van der Waals surface area contributed by atoms with Gasteiger partial charge in [-0.25, -0.2) is 0 Å². The van der Waals surface area contributed by atoms with E-state index in [0.717, 1.165) is 0 Å². The first kappa shape index (κ1) is 25.9. The zero-order valence-electron chi connectivity index (χ0n) is 18.1.